The summed E-state index contributed by atoms with van der Waals surface area (Å²) in [6.07, 6.45) is 3.39. The number of hydrogen-bond donors (Lipinski definition) is 1. The first-order valence-electron chi connectivity index (χ1n) is 8.70. The van der Waals surface area contributed by atoms with E-state index in [0.717, 1.165) is 37.5 Å². The molecule has 1 N–H and O–H groups in total. The van der Waals surface area contributed by atoms with Crippen molar-refractivity contribution in [1.82, 2.24) is 9.62 Å². The molecule has 136 valence electrons. The Hall–Kier alpha value is -1.11. The highest BCUT2D eigenvalue weighted by Crippen LogP contribution is 2.25. The average molecular weight is 355 g/mol. The molecule has 1 fully saturated rings. The number of nitrogens with zero attached hydrogens (tertiary/aromatic N) is 1. The maximum Gasteiger partial charge on any atom is 0.240 e. The van der Waals surface area contributed by atoms with Crippen molar-refractivity contribution in [1.29, 1.82) is 0 Å². The maximum atomic E-state index is 12.5. The van der Waals surface area contributed by atoms with Gasteiger partial charge in [0.15, 0.2) is 0 Å². The van der Waals surface area contributed by atoms with Crippen molar-refractivity contribution in [2.24, 2.45) is 5.92 Å². The number of hydrogen-bond acceptors (Lipinski definition) is 4. The van der Waals surface area contributed by atoms with Gasteiger partial charge in [0.05, 0.1) is 12.0 Å². The third-order valence-electron chi connectivity index (χ3n) is 4.67. The second-order valence-corrected chi connectivity index (χ2v) is 8.62. The molecular formula is C18H30N2O3S. The summed E-state index contributed by atoms with van der Waals surface area (Å²) in [4.78, 5) is 2.78. The van der Waals surface area contributed by atoms with E-state index < -0.39 is 10.0 Å². The molecule has 1 saturated heterocycles. The lowest BCUT2D eigenvalue weighted by Gasteiger charge is -2.30. The van der Waals surface area contributed by atoms with Gasteiger partial charge in [-0.2, -0.15) is 0 Å². The van der Waals surface area contributed by atoms with Crippen molar-refractivity contribution in [2.45, 2.75) is 44.9 Å². The van der Waals surface area contributed by atoms with Crippen LogP contribution in [0.15, 0.2) is 17.0 Å². The van der Waals surface area contributed by atoms with Crippen LogP contribution in [0.2, 0.25) is 0 Å². The van der Waals surface area contributed by atoms with Crippen LogP contribution in [-0.2, 0) is 10.0 Å². The molecule has 1 aliphatic rings. The van der Waals surface area contributed by atoms with Gasteiger partial charge in [-0.15, -0.1) is 0 Å². The van der Waals surface area contributed by atoms with Crippen LogP contribution in [-0.4, -0.2) is 46.6 Å². The zero-order chi connectivity index (χ0) is 17.7. The van der Waals surface area contributed by atoms with E-state index in [1.54, 1.807) is 26.2 Å². The standard InChI is InChI=1S/C18H30N2O3S/c1-14-7-5-9-20(13-14)10-6-8-19-24(21,22)18-12-15(2)17(23-4)11-16(18)3/h11-12,14,19H,5-10,13H2,1-4H3/t14-/m0/s1. The van der Waals surface area contributed by atoms with Crippen molar-refractivity contribution in [3.63, 3.8) is 0 Å². The van der Waals surface area contributed by atoms with E-state index in [2.05, 4.69) is 16.5 Å². The fourth-order valence-electron chi connectivity index (χ4n) is 3.35. The van der Waals surface area contributed by atoms with Crippen molar-refractivity contribution in [3.05, 3.63) is 23.3 Å². The van der Waals surface area contributed by atoms with E-state index in [1.165, 1.54) is 12.8 Å². The zero-order valence-corrected chi connectivity index (χ0v) is 16.1. The maximum absolute atomic E-state index is 12.5. The van der Waals surface area contributed by atoms with Crippen molar-refractivity contribution in [2.75, 3.05) is 33.3 Å². The quantitative estimate of drug-likeness (QED) is 0.765. The van der Waals surface area contributed by atoms with Gasteiger partial charge in [0.25, 0.3) is 0 Å². The van der Waals surface area contributed by atoms with Gasteiger partial charge in [-0.3, -0.25) is 0 Å². The Kier molecular flexibility index (Phi) is 6.66. The van der Waals surface area contributed by atoms with Crippen LogP contribution >= 0.6 is 0 Å². The molecule has 0 saturated carbocycles. The number of rotatable bonds is 7. The summed E-state index contributed by atoms with van der Waals surface area (Å²) in [6.45, 7) is 9.62. The van der Waals surface area contributed by atoms with Crippen LogP contribution < -0.4 is 9.46 Å². The van der Waals surface area contributed by atoms with Crippen molar-refractivity contribution in [3.8, 4) is 5.75 Å². The molecule has 2 rings (SSSR count). The molecule has 0 radical (unpaired) electrons. The van der Waals surface area contributed by atoms with E-state index in [9.17, 15) is 8.42 Å². The first kappa shape index (κ1) is 19.2. The molecule has 0 amide bonds. The second kappa shape index (κ2) is 8.32. The minimum absolute atomic E-state index is 0.340. The molecule has 0 spiro atoms. The minimum Gasteiger partial charge on any atom is -0.496 e. The topological polar surface area (TPSA) is 58.6 Å². The predicted molar refractivity (Wildman–Crippen MR) is 97.1 cm³/mol. The van der Waals surface area contributed by atoms with Gasteiger partial charge < -0.3 is 9.64 Å². The molecule has 1 aromatic carbocycles. The number of sulfonamides is 1. The van der Waals surface area contributed by atoms with E-state index in [0.29, 0.717) is 22.8 Å². The first-order chi connectivity index (χ1) is 11.3. The Bertz CT molecular complexity index is 658. The Labute approximate surface area is 146 Å². The smallest absolute Gasteiger partial charge is 0.240 e. The molecule has 0 aliphatic carbocycles. The summed E-state index contributed by atoms with van der Waals surface area (Å²) in [5.74, 6) is 1.46. The number of aryl methyl sites for hydroxylation is 2. The van der Waals surface area contributed by atoms with E-state index in [1.807, 2.05) is 6.92 Å². The van der Waals surface area contributed by atoms with E-state index >= 15 is 0 Å². The van der Waals surface area contributed by atoms with Gasteiger partial charge in [0.1, 0.15) is 5.75 Å². The van der Waals surface area contributed by atoms with Gasteiger partial charge in [0, 0.05) is 13.1 Å². The molecule has 0 bridgehead atoms. The number of methoxy groups -OCH3 is 1. The average Bonchev–Trinajstić information content (AvgIpc) is 2.53. The van der Waals surface area contributed by atoms with Crippen LogP contribution in [0.3, 0.4) is 0 Å². The van der Waals surface area contributed by atoms with Crippen LogP contribution in [0.5, 0.6) is 5.75 Å². The Morgan fingerprint density at radius 1 is 1.29 bits per heavy atom. The van der Waals surface area contributed by atoms with Crippen molar-refractivity contribution >= 4 is 10.0 Å². The fraction of sp³-hybridized carbons (Fsp3) is 0.667. The summed E-state index contributed by atoms with van der Waals surface area (Å²) >= 11 is 0. The molecule has 1 aliphatic heterocycles. The lowest BCUT2D eigenvalue weighted by molar-refractivity contribution is 0.182. The highest BCUT2D eigenvalue weighted by molar-refractivity contribution is 7.89. The number of piperidine rings is 1. The number of likely N-dealkylation sites (tertiary alicyclic amines) is 1. The zero-order valence-electron chi connectivity index (χ0n) is 15.3. The van der Waals surface area contributed by atoms with Gasteiger partial charge >= 0.3 is 0 Å². The monoisotopic (exact) mass is 354 g/mol. The number of nitrogens with one attached hydrogen (secondary N) is 1. The molecule has 6 heteroatoms. The van der Waals surface area contributed by atoms with Crippen LogP contribution in [0.25, 0.3) is 0 Å². The summed E-state index contributed by atoms with van der Waals surface area (Å²) in [5.41, 5.74) is 1.53. The molecule has 0 unspecified atom stereocenters. The Morgan fingerprint density at radius 2 is 2.04 bits per heavy atom. The third-order valence-corrected chi connectivity index (χ3v) is 6.27. The van der Waals surface area contributed by atoms with Gasteiger partial charge in [0.2, 0.25) is 10.0 Å². The normalized spacial score (nSPS) is 19.4. The molecule has 0 aromatic heterocycles. The number of benzene rings is 1. The third kappa shape index (κ3) is 4.94. The van der Waals surface area contributed by atoms with Gasteiger partial charge in [-0.1, -0.05) is 6.92 Å². The lowest BCUT2D eigenvalue weighted by atomic mass is 10.0. The molecule has 1 heterocycles. The largest absolute Gasteiger partial charge is 0.496 e. The van der Waals surface area contributed by atoms with Crippen LogP contribution in [0.4, 0.5) is 0 Å². The van der Waals surface area contributed by atoms with E-state index in [4.69, 9.17) is 4.74 Å². The highest BCUT2D eigenvalue weighted by Gasteiger charge is 2.19. The summed E-state index contributed by atoms with van der Waals surface area (Å²) in [5, 5.41) is 0. The minimum atomic E-state index is -3.48. The fourth-order valence-corrected chi connectivity index (χ4v) is 4.73. The summed E-state index contributed by atoms with van der Waals surface area (Å²) in [7, 11) is -1.88. The van der Waals surface area contributed by atoms with Gasteiger partial charge in [-0.05, 0) is 75.4 Å². The summed E-state index contributed by atoms with van der Waals surface area (Å²) in [6, 6.07) is 3.46. The molecule has 1 atom stereocenters. The molecule has 24 heavy (non-hydrogen) atoms. The summed E-state index contributed by atoms with van der Waals surface area (Å²) < 4.78 is 33.1. The Balaban J connectivity index is 1.91. The molecular weight excluding hydrogens is 324 g/mol. The molecule has 5 nitrogen and oxygen atoms in total. The Morgan fingerprint density at radius 3 is 2.71 bits per heavy atom. The number of ether oxygens (including phenoxy) is 1. The SMILES string of the molecule is COc1cc(C)c(S(=O)(=O)NCCCN2CCC[C@H](C)C2)cc1C. The van der Waals surface area contributed by atoms with Gasteiger partial charge in [-0.25, -0.2) is 13.1 Å². The first-order valence-corrected chi connectivity index (χ1v) is 10.2. The predicted octanol–water partition coefficient (Wildman–Crippen LogP) is 2.71. The van der Waals surface area contributed by atoms with Crippen LogP contribution in [0.1, 0.15) is 37.3 Å². The lowest BCUT2D eigenvalue weighted by Crippen LogP contribution is -2.36. The molecule has 1 aromatic rings. The van der Waals surface area contributed by atoms with Crippen LogP contribution in [0, 0.1) is 19.8 Å². The van der Waals surface area contributed by atoms with Crippen molar-refractivity contribution < 1.29 is 13.2 Å². The highest BCUT2D eigenvalue weighted by atomic mass is 32.2. The van der Waals surface area contributed by atoms with E-state index in [-0.39, 0.29) is 0 Å². The second-order valence-electron chi connectivity index (χ2n) is 6.89.